The van der Waals surface area contributed by atoms with Gasteiger partial charge in [-0.15, -0.1) is 11.3 Å². The monoisotopic (exact) mass is 395 g/mol. The van der Waals surface area contributed by atoms with Gasteiger partial charge in [0.05, 0.1) is 22.9 Å². The van der Waals surface area contributed by atoms with Crippen molar-refractivity contribution in [2.45, 2.75) is 26.6 Å². The van der Waals surface area contributed by atoms with E-state index in [1.165, 1.54) is 0 Å². The zero-order valence-electron chi connectivity index (χ0n) is 16.4. The van der Waals surface area contributed by atoms with Gasteiger partial charge in [0.15, 0.2) is 5.96 Å². The summed E-state index contributed by atoms with van der Waals surface area (Å²) < 4.78 is 5.86. The predicted octanol–water partition coefficient (Wildman–Crippen LogP) is 3.63. The Morgan fingerprint density at radius 1 is 1.21 bits per heavy atom. The molecule has 0 saturated carbocycles. The summed E-state index contributed by atoms with van der Waals surface area (Å²) in [6, 6.07) is 13.9. The van der Waals surface area contributed by atoms with Gasteiger partial charge in [-0.1, -0.05) is 18.2 Å². The van der Waals surface area contributed by atoms with Gasteiger partial charge in [0.25, 0.3) is 0 Å². The van der Waals surface area contributed by atoms with E-state index in [1.807, 2.05) is 50.4 Å². The molecule has 28 heavy (non-hydrogen) atoms. The van der Waals surface area contributed by atoms with Crippen molar-refractivity contribution in [1.29, 1.82) is 0 Å². The molecule has 0 spiro atoms. The Morgan fingerprint density at radius 2 is 2.11 bits per heavy atom. The van der Waals surface area contributed by atoms with E-state index >= 15 is 0 Å². The molecule has 0 fully saturated rings. The molecule has 0 radical (unpaired) electrons. The molecule has 0 unspecified atom stereocenters. The van der Waals surface area contributed by atoms with Gasteiger partial charge < -0.3 is 15.0 Å². The van der Waals surface area contributed by atoms with Crippen molar-refractivity contribution in [3.8, 4) is 5.75 Å². The Hall–Kier alpha value is -2.93. The topological polar surface area (TPSA) is 62.6 Å². The summed E-state index contributed by atoms with van der Waals surface area (Å²) in [5, 5.41) is 6.56. The maximum absolute atomic E-state index is 5.86. The Bertz CT molecular complexity index is 910. The third kappa shape index (κ3) is 5.79. The quantitative estimate of drug-likeness (QED) is 0.489. The Balaban J connectivity index is 1.54. The van der Waals surface area contributed by atoms with Crippen LogP contribution in [0.15, 0.2) is 59.0 Å². The number of hydrogen-bond acceptors (Lipinski definition) is 5. The maximum Gasteiger partial charge on any atom is 0.194 e. The van der Waals surface area contributed by atoms with E-state index in [0.717, 1.165) is 40.2 Å². The molecule has 0 amide bonds. The summed E-state index contributed by atoms with van der Waals surface area (Å²) in [7, 11) is 3.80. The van der Waals surface area contributed by atoms with E-state index in [4.69, 9.17) is 4.74 Å². The number of aliphatic imine (C=N–C) groups is 1. The Kier molecular flexibility index (Phi) is 6.97. The fourth-order valence-electron chi connectivity index (χ4n) is 2.75. The van der Waals surface area contributed by atoms with Crippen LogP contribution in [0.25, 0.3) is 0 Å². The average molecular weight is 396 g/mol. The molecule has 0 aliphatic heterocycles. The van der Waals surface area contributed by atoms with E-state index in [-0.39, 0.29) is 0 Å². The van der Waals surface area contributed by atoms with Crippen molar-refractivity contribution >= 4 is 17.3 Å². The zero-order valence-corrected chi connectivity index (χ0v) is 17.2. The largest absolute Gasteiger partial charge is 0.487 e. The van der Waals surface area contributed by atoms with Crippen molar-refractivity contribution < 1.29 is 4.74 Å². The summed E-state index contributed by atoms with van der Waals surface area (Å²) in [6.45, 7) is 3.85. The molecule has 3 aromatic rings. The summed E-state index contributed by atoms with van der Waals surface area (Å²) in [5.74, 6) is 1.65. The first-order valence-corrected chi connectivity index (χ1v) is 9.96. The van der Waals surface area contributed by atoms with Gasteiger partial charge in [0, 0.05) is 32.2 Å². The molecule has 0 saturated heterocycles. The second kappa shape index (κ2) is 9.85. The normalized spacial score (nSPS) is 11.3. The number of thiazole rings is 1. The molecule has 0 aliphatic rings. The zero-order chi connectivity index (χ0) is 19.8. The van der Waals surface area contributed by atoms with Crippen molar-refractivity contribution in [3.63, 3.8) is 0 Å². The third-order valence-corrected chi connectivity index (χ3v) is 4.92. The van der Waals surface area contributed by atoms with Crippen molar-refractivity contribution in [3.05, 3.63) is 76.0 Å². The van der Waals surface area contributed by atoms with E-state index in [1.54, 1.807) is 24.6 Å². The molecule has 3 rings (SSSR count). The molecular formula is C21H25N5OS. The molecule has 7 heteroatoms. The van der Waals surface area contributed by atoms with Crippen LogP contribution >= 0.6 is 11.3 Å². The molecule has 0 aliphatic carbocycles. The molecule has 2 heterocycles. The summed E-state index contributed by atoms with van der Waals surface area (Å²) in [4.78, 5) is 15.2. The fourth-order valence-corrected chi connectivity index (χ4v) is 3.35. The van der Waals surface area contributed by atoms with Crippen LogP contribution in [0.4, 0.5) is 0 Å². The van der Waals surface area contributed by atoms with E-state index in [2.05, 4.69) is 36.6 Å². The number of hydrogen-bond donors (Lipinski definition) is 1. The summed E-state index contributed by atoms with van der Waals surface area (Å²) in [6.07, 6.45) is 1.77. The predicted molar refractivity (Wildman–Crippen MR) is 114 cm³/mol. The van der Waals surface area contributed by atoms with Crippen LogP contribution in [0.2, 0.25) is 0 Å². The highest BCUT2D eigenvalue weighted by atomic mass is 32.1. The number of rotatable bonds is 7. The third-order valence-electron chi connectivity index (χ3n) is 4.10. The highest BCUT2D eigenvalue weighted by Crippen LogP contribution is 2.15. The first kappa shape index (κ1) is 19.8. The Morgan fingerprint density at radius 3 is 2.82 bits per heavy atom. The number of aryl methyl sites for hydroxylation is 1. The minimum atomic E-state index is 0.454. The number of pyridine rings is 1. The maximum atomic E-state index is 5.86. The summed E-state index contributed by atoms with van der Waals surface area (Å²) in [5.41, 5.74) is 3.08. The number of ether oxygens (including phenoxy) is 1. The molecule has 1 aromatic carbocycles. The van der Waals surface area contributed by atoms with Crippen LogP contribution in [0, 0.1) is 6.92 Å². The lowest BCUT2D eigenvalue weighted by Crippen LogP contribution is -2.38. The van der Waals surface area contributed by atoms with Gasteiger partial charge in [0.1, 0.15) is 12.4 Å². The number of guanidine groups is 1. The van der Waals surface area contributed by atoms with Crippen LogP contribution in [0.3, 0.4) is 0 Å². The van der Waals surface area contributed by atoms with Crippen LogP contribution < -0.4 is 10.1 Å². The van der Waals surface area contributed by atoms with Crippen LogP contribution in [0.1, 0.15) is 22.0 Å². The lowest BCUT2D eigenvalue weighted by atomic mass is 10.2. The highest BCUT2D eigenvalue weighted by Gasteiger charge is 2.09. The molecule has 2 aromatic heterocycles. The van der Waals surface area contributed by atoms with E-state index in [9.17, 15) is 0 Å². The van der Waals surface area contributed by atoms with Crippen molar-refractivity contribution in [2.75, 3.05) is 14.1 Å². The van der Waals surface area contributed by atoms with E-state index < -0.39 is 0 Å². The molecule has 1 N–H and O–H groups in total. The lowest BCUT2D eigenvalue weighted by molar-refractivity contribution is 0.301. The second-order valence-corrected chi connectivity index (χ2v) is 7.43. The fraction of sp³-hybridized carbons (Fsp3) is 0.286. The molecule has 6 nitrogen and oxygen atoms in total. The van der Waals surface area contributed by atoms with Gasteiger partial charge in [-0.2, -0.15) is 0 Å². The standard InChI is InChI=1S/C21H25N5OS/c1-16-25-19(15-28-16)13-26(3)21(22-2)24-12-17-7-6-9-20(11-17)27-14-18-8-4-5-10-23-18/h4-11,15H,12-14H2,1-3H3,(H,22,24). The molecule has 0 bridgehead atoms. The Labute approximate surface area is 169 Å². The lowest BCUT2D eigenvalue weighted by Gasteiger charge is -2.21. The SMILES string of the molecule is CN=C(NCc1cccc(OCc2ccccn2)c1)N(C)Cc1csc(C)n1. The van der Waals surface area contributed by atoms with Gasteiger partial charge >= 0.3 is 0 Å². The first-order valence-electron chi connectivity index (χ1n) is 9.08. The highest BCUT2D eigenvalue weighted by molar-refractivity contribution is 7.09. The number of nitrogens with zero attached hydrogens (tertiary/aromatic N) is 4. The van der Waals surface area contributed by atoms with Gasteiger partial charge in [-0.25, -0.2) is 4.98 Å². The second-order valence-electron chi connectivity index (χ2n) is 6.37. The van der Waals surface area contributed by atoms with Crippen LogP contribution in [0.5, 0.6) is 5.75 Å². The molecule has 146 valence electrons. The van der Waals surface area contributed by atoms with Crippen molar-refractivity contribution in [2.24, 2.45) is 4.99 Å². The van der Waals surface area contributed by atoms with Gasteiger partial charge in [0.2, 0.25) is 0 Å². The number of benzene rings is 1. The first-order chi connectivity index (χ1) is 13.6. The average Bonchev–Trinajstić information content (AvgIpc) is 3.12. The minimum absolute atomic E-state index is 0.454. The minimum Gasteiger partial charge on any atom is -0.487 e. The van der Waals surface area contributed by atoms with E-state index in [0.29, 0.717) is 13.2 Å². The number of aromatic nitrogens is 2. The van der Waals surface area contributed by atoms with Crippen LogP contribution in [-0.2, 0) is 19.7 Å². The van der Waals surface area contributed by atoms with Gasteiger partial charge in [-0.3, -0.25) is 9.98 Å². The smallest absolute Gasteiger partial charge is 0.194 e. The number of nitrogens with one attached hydrogen (secondary N) is 1. The summed E-state index contributed by atoms with van der Waals surface area (Å²) >= 11 is 1.66. The van der Waals surface area contributed by atoms with Crippen molar-refractivity contribution in [1.82, 2.24) is 20.2 Å². The molecule has 0 atom stereocenters. The van der Waals surface area contributed by atoms with Gasteiger partial charge in [-0.05, 0) is 36.8 Å². The van der Waals surface area contributed by atoms with Crippen LogP contribution in [-0.4, -0.2) is 34.9 Å². The molecular weight excluding hydrogens is 370 g/mol.